The minimum atomic E-state index is -1.02. The van der Waals surface area contributed by atoms with Crippen molar-refractivity contribution in [1.82, 2.24) is 10.1 Å². The van der Waals surface area contributed by atoms with Crippen molar-refractivity contribution in [2.75, 3.05) is 11.4 Å². The lowest BCUT2D eigenvalue weighted by Gasteiger charge is -2.16. The highest BCUT2D eigenvalue weighted by atomic mass is 19.2. The van der Waals surface area contributed by atoms with Crippen molar-refractivity contribution in [3.8, 4) is 11.5 Å². The normalized spacial score (nSPS) is 17.1. The summed E-state index contributed by atoms with van der Waals surface area (Å²) in [6, 6.07) is 8.90. The number of hydrogen-bond acceptors (Lipinski definition) is 4. The van der Waals surface area contributed by atoms with Gasteiger partial charge in [-0.3, -0.25) is 4.79 Å². The molecule has 132 valence electrons. The van der Waals surface area contributed by atoms with E-state index in [-0.39, 0.29) is 42.2 Å². The summed E-state index contributed by atoms with van der Waals surface area (Å²) in [6.45, 7) is 0.228. The molecule has 1 aliphatic rings. The molecule has 1 fully saturated rings. The first-order valence-electron chi connectivity index (χ1n) is 7.86. The summed E-state index contributed by atoms with van der Waals surface area (Å²) in [5.74, 6) is -2.39. The van der Waals surface area contributed by atoms with Gasteiger partial charge in [0.15, 0.2) is 17.5 Å². The second-order valence-corrected chi connectivity index (χ2v) is 5.97. The number of rotatable bonds is 3. The number of nitrogens with zero attached hydrogens (tertiary/aromatic N) is 3. The molecule has 0 bridgehead atoms. The molecular weight excluding hydrogens is 347 g/mol. The van der Waals surface area contributed by atoms with Crippen LogP contribution in [-0.2, 0) is 4.79 Å². The van der Waals surface area contributed by atoms with E-state index in [0.717, 1.165) is 12.1 Å². The highest BCUT2D eigenvalue weighted by molar-refractivity contribution is 5.96. The Kier molecular flexibility index (Phi) is 3.95. The van der Waals surface area contributed by atoms with Gasteiger partial charge in [-0.2, -0.15) is 4.98 Å². The molecule has 0 aliphatic carbocycles. The molecule has 1 atom stereocenters. The molecule has 0 saturated carbocycles. The molecule has 2 heterocycles. The number of amides is 1. The number of carbonyl (C=O) groups is 1. The molecule has 0 radical (unpaired) electrons. The van der Waals surface area contributed by atoms with Crippen LogP contribution in [0.1, 0.15) is 18.2 Å². The summed E-state index contributed by atoms with van der Waals surface area (Å²) in [5.41, 5.74) is 0.839. The second-order valence-electron chi connectivity index (χ2n) is 5.97. The van der Waals surface area contributed by atoms with Crippen molar-refractivity contribution < 1.29 is 22.5 Å². The quantitative estimate of drug-likeness (QED) is 0.716. The second kappa shape index (κ2) is 6.29. The molecule has 8 heteroatoms. The Labute approximate surface area is 146 Å². The molecule has 26 heavy (non-hydrogen) atoms. The molecule has 1 aliphatic heterocycles. The van der Waals surface area contributed by atoms with Crippen LogP contribution in [0.15, 0.2) is 47.0 Å². The Morgan fingerprint density at radius 1 is 1.04 bits per heavy atom. The highest BCUT2D eigenvalue weighted by Gasteiger charge is 2.35. The van der Waals surface area contributed by atoms with Gasteiger partial charge in [0, 0.05) is 36.2 Å². The summed E-state index contributed by atoms with van der Waals surface area (Å²) >= 11 is 0. The Balaban J connectivity index is 1.55. The molecular formula is C18H12F3N3O2. The van der Waals surface area contributed by atoms with Crippen molar-refractivity contribution in [2.45, 2.75) is 12.3 Å². The van der Waals surface area contributed by atoms with Crippen LogP contribution in [0.5, 0.6) is 0 Å². The molecule has 2 aromatic carbocycles. The van der Waals surface area contributed by atoms with E-state index < -0.39 is 11.6 Å². The van der Waals surface area contributed by atoms with Crippen molar-refractivity contribution >= 4 is 11.6 Å². The van der Waals surface area contributed by atoms with E-state index >= 15 is 0 Å². The van der Waals surface area contributed by atoms with Gasteiger partial charge in [-0.25, -0.2) is 13.2 Å². The molecule has 5 nitrogen and oxygen atoms in total. The lowest BCUT2D eigenvalue weighted by atomic mass is 10.1. The van der Waals surface area contributed by atoms with Crippen LogP contribution >= 0.6 is 0 Å². The maximum atomic E-state index is 13.4. The molecule has 1 amide bonds. The Hall–Kier alpha value is -3.16. The fourth-order valence-electron chi connectivity index (χ4n) is 2.89. The monoisotopic (exact) mass is 359 g/mol. The van der Waals surface area contributed by atoms with Crippen LogP contribution in [0.2, 0.25) is 0 Å². The van der Waals surface area contributed by atoms with E-state index in [1.165, 1.54) is 35.2 Å². The van der Waals surface area contributed by atoms with E-state index in [0.29, 0.717) is 11.4 Å². The van der Waals surface area contributed by atoms with Crippen LogP contribution in [0.3, 0.4) is 0 Å². The Morgan fingerprint density at radius 3 is 2.54 bits per heavy atom. The first kappa shape index (κ1) is 16.3. The van der Waals surface area contributed by atoms with Crippen LogP contribution in [0, 0.1) is 17.5 Å². The summed E-state index contributed by atoms with van der Waals surface area (Å²) < 4.78 is 44.7. The molecule has 0 N–H and O–H groups in total. The third-order valence-corrected chi connectivity index (χ3v) is 4.24. The van der Waals surface area contributed by atoms with Crippen LogP contribution in [0.4, 0.5) is 18.9 Å². The number of halogens is 3. The van der Waals surface area contributed by atoms with Gasteiger partial charge in [0.2, 0.25) is 5.91 Å². The van der Waals surface area contributed by atoms with E-state index in [9.17, 15) is 18.0 Å². The standard InChI is InChI=1S/C18H12F3N3O2/c19-12-3-1-10(2-4-12)18-22-17(23-26-18)11-7-16(25)24(9-11)13-5-6-14(20)15(21)8-13/h1-6,8,11H,7,9H2. The predicted molar refractivity (Wildman–Crippen MR) is 85.8 cm³/mol. The Morgan fingerprint density at radius 2 is 1.81 bits per heavy atom. The lowest BCUT2D eigenvalue weighted by molar-refractivity contribution is -0.117. The molecule has 3 aromatic rings. The first-order valence-corrected chi connectivity index (χ1v) is 7.86. The number of anilines is 1. The SMILES string of the molecule is O=C1CC(c2noc(-c3ccc(F)cc3)n2)CN1c1ccc(F)c(F)c1. The van der Waals surface area contributed by atoms with Crippen molar-refractivity contribution in [3.05, 3.63) is 65.7 Å². The van der Waals surface area contributed by atoms with Gasteiger partial charge in [0.05, 0.1) is 0 Å². The molecule has 4 rings (SSSR count). The highest BCUT2D eigenvalue weighted by Crippen LogP contribution is 2.32. The zero-order valence-corrected chi connectivity index (χ0v) is 13.3. The van der Waals surface area contributed by atoms with Crippen LogP contribution in [0.25, 0.3) is 11.5 Å². The van der Waals surface area contributed by atoms with Gasteiger partial charge in [-0.1, -0.05) is 5.16 Å². The van der Waals surface area contributed by atoms with Gasteiger partial charge < -0.3 is 9.42 Å². The molecule has 1 unspecified atom stereocenters. The minimum Gasteiger partial charge on any atom is -0.334 e. The predicted octanol–water partition coefficient (Wildman–Crippen LogP) is 3.67. The first-order chi connectivity index (χ1) is 12.5. The number of aromatic nitrogens is 2. The summed E-state index contributed by atoms with van der Waals surface area (Å²) in [6.07, 6.45) is 0.126. The maximum Gasteiger partial charge on any atom is 0.257 e. The average molecular weight is 359 g/mol. The van der Waals surface area contributed by atoms with Crippen molar-refractivity contribution in [2.24, 2.45) is 0 Å². The van der Waals surface area contributed by atoms with Crippen molar-refractivity contribution in [1.29, 1.82) is 0 Å². The summed E-state index contributed by atoms with van der Waals surface area (Å²) in [4.78, 5) is 17.9. The molecule has 1 saturated heterocycles. The smallest absolute Gasteiger partial charge is 0.257 e. The third-order valence-electron chi connectivity index (χ3n) is 4.24. The Bertz CT molecular complexity index is 972. The summed E-state index contributed by atoms with van der Waals surface area (Å²) in [7, 11) is 0. The zero-order chi connectivity index (χ0) is 18.3. The van der Waals surface area contributed by atoms with Crippen LogP contribution < -0.4 is 4.90 Å². The number of hydrogen-bond donors (Lipinski definition) is 0. The molecule has 0 spiro atoms. The number of benzene rings is 2. The van der Waals surface area contributed by atoms with Crippen LogP contribution in [-0.4, -0.2) is 22.6 Å². The summed E-state index contributed by atoms with van der Waals surface area (Å²) in [5, 5.41) is 3.90. The molecule has 1 aromatic heterocycles. The maximum absolute atomic E-state index is 13.4. The number of carbonyl (C=O) groups excluding carboxylic acids is 1. The average Bonchev–Trinajstić information content (AvgIpc) is 3.25. The van der Waals surface area contributed by atoms with Crippen molar-refractivity contribution in [3.63, 3.8) is 0 Å². The van der Waals surface area contributed by atoms with Gasteiger partial charge in [-0.05, 0) is 36.4 Å². The van der Waals surface area contributed by atoms with Gasteiger partial charge in [0.25, 0.3) is 5.89 Å². The lowest BCUT2D eigenvalue weighted by Crippen LogP contribution is -2.24. The topological polar surface area (TPSA) is 59.2 Å². The van der Waals surface area contributed by atoms with Gasteiger partial charge >= 0.3 is 0 Å². The van der Waals surface area contributed by atoms with E-state index in [2.05, 4.69) is 10.1 Å². The van der Waals surface area contributed by atoms with E-state index in [4.69, 9.17) is 4.52 Å². The largest absolute Gasteiger partial charge is 0.334 e. The fraction of sp³-hybridized carbons (Fsp3) is 0.167. The minimum absolute atomic E-state index is 0.126. The van der Waals surface area contributed by atoms with E-state index in [1.54, 1.807) is 0 Å². The van der Waals surface area contributed by atoms with E-state index in [1.807, 2.05) is 0 Å². The third kappa shape index (κ3) is 2.94. The van der Waals surface area contributed by atoms with Gasteiger partial charge in [0.1, 0.15) is 5.82 Å². The fourth-order valence-corrected chi connectivity index (χ4v) is 2.89. The van der Waals surface area contributed by atoms with Gasteiger partial charge in [-0.15, -0.1) is 0 Å². The zero-order valence-electron chi connectivity index (χ0n) is 13.3.